The van der Waals surface area contributed by atoms with Crippen molar-refractivity contribution in [3.8, 4) is 0 Å². The van der Waals surface area contributed by atoms with Gasteiger partial charge in [-0.15, -0.1) is 0 Å². The van der Waals surface area contributed by atoms with E-state index in [-0.39, 0.29) is 29.0 Å². The van der Waals surface area contributed by atoms with Crippen LogP contribution in [-0.2, 0) is 11.3 Å². The van der Waals surface area contributed by atoms with Crippen molar-refractivity contribution in [2.45, 2.75) is 44.7 Å². The molecule has 22 heavy (non-hydrogen) atoms. The van der Waals surface area contributed by atoms with Crippen LogP contribution in [0.1, 0.15) is 38.2 Å². The normalized spacial score (nSPS) is 28.3. The Kier molecular flexibility index (Phi) is 3.85. The molecule has 1 aromatic rings. The number of hydrogen-bond acceptors (Lipinski definition) is 2. The fourth-order valence-electron chi connectivity index (χ4n) is 3.48. The Labute approximate surface area is 133 Å². The van der Waals surface area contributed by atoms with Crippen LogP contribution in [0.3, 0.4) is 0 Å². The number of hydrogen-bond donors (Lipinski definition) is 1. The molecule has 0 unspecified atom stereocenters. The van der Waals surface area contributed by atoms with E-state index < -0.39 is 17.4 Å². The molecule has 1 N–H and O–H groups in total. The smallest absolute Gasteiger partial charge is 0.323 e. The van der Waals surface area contributed by atoms with Gasteiger partial charge in [0.25, 0.3) is 5.91 Å². The molecule has 2 aliphatic rings. The SMILES string of the molecule is C[C@H]1CCCC[C@]12NC(=O)N(Cc1c(F)cccc1Cl)C2=O. The monoisotopic (exact) mass is 324 g/mol. The molecule has 2 fully saturated rings. The Hall–Kier alpha value is -1.62. The van der Waals surface area contributed by atoms with Crippen LogP contribution in [0.2, 0.25) is 5.02 Å². The number of nitrogens with zero attached hydrogens (tertiary/aromatic N) is 1. The summed E-state index contributed by atoms with van der Waals surface area (Å²) in [5, 5.41) is 3.07. The molecule has 6 heteroatoms. The van der Waals surface area contributed by atoms with Crippen LogP contribution < -0.4 is 5.32 Å². The van der Waals surface area contributed by atoms with Gasteiger partial charge in [-0.1, -0.05) is 37.4 Å². The van der Waals surface area contributed by atoms with E-state index >= 15 is 0 Å². The predicted molar refractivity (Wildman–Crippen MR) is 80.9 cm³/mol. The number of carbonyl (C=O) groups is 2. The minimum atomic E-state index is -0.826. The van der Waals surface area contributed by atoms with Gasteiger partial charge in [-0.3, -0.25) is 9.69 Å². The van der Waals surface area contributed by atoms with E-state index in [9.17, 15) is 14.0 Å². The molecular formula is C16H18ClFN2O2. The molecule has 1 saturated carbocycles. The minimum Gasteiger partial charge on any atom is -0.323 e. The van der Waals surface area contributed by atoms with Gasteiger partial charge in [0.2, 0.25) is 0 Å². The van der Waals surface area contributed by atoms with Crippen LogP contribution in [-0.4, -0.2) is 22.4 Å². The Morgan fingerprint density at radius 3 is 2.86 bits per heavy atom. The van der Waals surface area contributed by atoms with E-state index in [0.29, 0.717) is 6.42 Å². The number of rotatable bonds is 2. The molecule has 1 saturated heterocycles. The second-order valence-electron chi connectivity index (χ2n) is 6.14. The van der Waals surface area contributed by atoms with E-state index in [0.717, 1.165) is 24.2 Å². The zero-order chi connectivity index (χ0) is 15.9. The summed E-state index contributed by atoms with van der Waals surface area (Å²) in [4.78, 5) is 26.2. The molecule has 1 aliphatic heterocycles. The van der Waals surface area contributed by atoms with Crippen molar-refractivity contribution >= 4 is 23.5 Å². The lowest BCUT2D eigenvalue weighted by atomic mass is 9.73. The first-order valence-corrected chi connectivity index (χ1v) is 7.90. The third-order valence-corrected chi connectivity index (χ3v) is 5.23. The quantitative estimate of drug-likeness (QED) is 0.847. The Bertz CT molecular complexity index is 616. The third-order valence-electron chi connectivity index (χ3n) is 4.88. The van der Waals surface area contributed by atoms with E-state index in [1.807, 2.05) is 6.92 Å². The van der Waals surface area contributed by atoms with Gasteiger partial charge in [0.15, 0.2) is 0 Å². The van der Waals surface area contributed by atoms with Crippen molar-refractivity contribution in [1.82, 2.24) is 10.2 Å². The number of urea groups is 1. The molecule has 3 rings (SSSR count). The van der Waals surface area contributed by atoms with Crippen LogP contribution >= 0.6 is 11.6 Å². The first-order chi connectivity index (χ1) is 10.5. The lowest BCUT2D eigenvalue weighted by Gasteiger charge is -2.36. The maximum Gasteiger partial charge on any atom is 0.325 e. The van der Waals surface area contributed by atoms with E-state index in [2.05, 4.69) is 5.32 Å². The second-order valence-corrected chi connectivity index (χ2v) is 6.55. The number of nitrogens with one attached hydrogen (secondary N) is 1. The number of halogens is 2. The largest absolute Gasteiger partial charge is 0.325 e. The average Bonchev–Trinajstić information content (AvgIpc) is 2.71. The lowest BCUT2D eigenvalue weighted by molar-refractivity contribution is -0.134. The number of imide groups is 1. The van der Waals surface area contributed by atoms with Crippen LogP contribution in [0.4, 0.5) is 9.18 Å². The highest BCUT2D eigenvalue weighted by Crippen LogP contribution is 2.39. The molecule has 2 atom stereocenters. The molecule has 118 valence electrons. The average molecular weight is 325 g/mol. The summed E-state index contributed by atoms with van der Waals surface area (Å²) in [5.41, 5.74) is -0.652. The molecule has 0 radical (unpaired) electrons. The maximum atomic E-state index is 13.9. The minimum absolute atomic E-state index is 0.0822. The highest BCUT2D eigenvalue weighted by molar-refractivity contribution is 6.31. The molecule has 0 aromatic heterocycles. The molecule has 0 bridgehead atoms. The van der Waals surface area contributed by atoms with Gasteiger partial charge in [0.1, 0.15) is 11.4 Å². The summed E-state index contributed by atoms with van der Waals surface area (Å²) in [7, 11) is 0. The van der Waals surface area contributed by atoms with Gasteiger partial charge in [-0.2, -0.15) is 0 Å². The summed E-state index contributed by atoms with van der Waals surface area (Å²) in [6.07, 6.45) is 3.51. The third kappa shape index (κ3) is 2.28. The second kappa shape index (κ2) is 5.54. The summed E-state index contributed by atoms with van der Waals surface area (Å²) >= 11 is 6.00. The molecule has 1 spiro atoms. The van der Waals surface area contributed by atoms with E-state index in [1.54, 1.807) is 6.07 Å². The lowest BCUT2D eigenvalue weighted by Crippen LogP contribution is -2.53. The van der Waals surface area contributed by atoms with Crippen molar-refractivity contribution in [3.05, 3.63) is 34.6 Å². The van der Waals surface area contributed by atoms with Crippen molar-refractivity contribution in [2.24, 2.45) is 5.92 Å². The van der Waals surface area contributed by atoms with Crippen LogP contribution in [0, 0.1) is 11.7 Å². The van der Waals surface area contributed by atoms with Crippen molar-refractivity contribution in [2.75, 3.05) is 0 Å². The van der Waals surface area contributed by atoms with Crippen molar-refractivity contribution in [3.63, 3.8) is 0 Å². The zero-order valence-electron chi connectivity index (χ0n) is 12.4. The molecule has 4 nitrogen and oxygen atoms in total. The van der Waals surface area contributed by atoms with Gasteiger partial charge >= 0.3 is 6.03 Å². The van der Waals surface area contributed by atoms with Crippen molar-refractivity contribution in [1.29, 1.82) is 0 Å². The van der Waals surface area contributed by atoms with Crippen LogP contribution in [0.15, 0.2) is 18.2 Å². The molecule has 3 amide bonds. The van der Waals surface area contributed by atoms with E-state index in [4.69, 9.17) is 11.6 Å². The Morgan fingerprint density at radius 2 is 2.18 bits per heavy atom. The highest BCUT2D eigenvalue weighted by Gasteiger charge is 2.54. The summed E-state index contributed by atoms with van der Waals surface area (Å²) in [5.74, 6) is -0.687. The zero-order valence-corrected chi connectivity index (χ0v) is 13.1. The van der Waals surface area contributed by atoms with Gasteiger partial charge in [0, 0.05) is 10.6 Å². The summed E-state index contributed by atoms with van der Waals surface area (Å²) < 4.78 is 13.9. The molecule has 1 heterocycles. The fraction of sp³-hybridized carbons (Fsp3) is 0.500. The van der Waals surface area contributed by atoms with Gasteiger partial charge in [-0.05, 0) is 30.9 Å². The summed E-state index contributed by atoms with van der Waals surface area (Å²) in [6.45, 7) is 1.85. The first-order valence-electron chi connectivity index (χ1n) is 7.53. The number of benzene rings is 1. The standard InChI is InChI=1S/C16H18ClFN2O2/c1-10-5-2-3-8-16(10)14(21)20(15(22)19-16)9-11-12(17)6-4-7-13(11)18/h4,6-7,10H,2-3,5,8-9H2,1H3,(H,19,22)/t10-,16-/m0/s1. The van der Waals surface area contributed by atoms with Gasteiger partial charge in [-0.25, -0.2) is 9.18 Å². The van der Waals surface area contributed by atoms with Crippen LogP contribution in [0.5, 0.6) is 0 Å². The topological polar surface area (TPSA) is 49.4 Å². The number of amides is 3. The van der Waals surface area contributed by atoms with E-state index in [1.165, 1.54) is 12.1 Å². The Balaban J connectivity index is 1.89. The molecule has 1 aromatic carbocycles. The fourth-order valence-corrected chi connectivity index (χ4v) is 3.70. The maximum absolute atomic E-state index is 13.9. The molecular weight excluding hydrogens is 307 g/mol. The molecule has 1 aliphatic carbocycles. The Morgan fingerprint density at radius 1 is 1.41 bits per heavy atom. The van der Waals surface area contributed by atoms with Gasteiger partial charge in [0.05, 0.1) is 6.54 Å². The number of carbonyl (C=O) groups excluding carboxylic acids is 2. The first kappa shape index (κ1) is 15.3. The van der Waals surface area contributed by atoms with Gasteiger partial charge < -0.3 is 5.32 Å². The highest BCUT2D eigenvalue weighted by atomic mass is 35.5. The van der Waals surface area contributed by atoms with Crippen LogP contribution in [0.25, 0.3) is 0 Å². The predicted octanol–water partition coefficient (Wildman–Crippen LogP) is 3.48. The summed E-state index contributed by atoms with van der Waals surface area (Å²) in [6, 6.07) is 3.87. The van der Waals surface area contributed by atoms with Crippen molar-refractivity contribution < 1.29 is 14.0 Å².